The van der Waals surface area contributed by atoms with E-state index >= 15 is 0 Å². The van der Waals surface area contributed by atoms with Gasteiger partial charge in [0.05, 0.1) is 5.56 Å². The van der Waals surface area contributed by atoms with E-state index in [-0.39, 0.29) is 25.0 Å². The molecule has 0 aromatic heterocycles. The van der Waals surface area contributed by atoms with Crippen LogP contribution >= 0.6 is 0 Å². The molecule has 0 atom stereocenters. The van der Waals surface area contributed by atoms with E-state index in [0.29, 0.717) is 11.1 Å². The summed E-state index contributed by atoms with van der Waals surface area (Å²) in [5.74, 6) is -3.38. The summed E-state index contributed by atoms with van der Waals surface area (Å²) in [6.07, 6.45) is 0.0349. The number of cyclic esters (lactones) is 2. The number of rotatable bonds is 6. The van der Waals surface area contributed by atoms with Crippen molar-refractivity contribution in [2.24, 2.45) is 5.41 Å². The number of ether oxygens (including phenoxy) is 3. The number of esters is 3. The van der Waals surface area contributed by atoms with Gasteiger partial charge in [-0.2, -0.15) is 0 Å². The van der Waals surface area contributed by atoms with E-state index in [2.05, 4.69) is 0 Å². The second-order valence-corrected chi connectivity index (χ2v) is 8.84. The Morgan fingerprint density at radius 1 is 1.00 bits per heavy atom. The van der Waals surface area contributed by atoms with Crippen LogP contribution in [-0.4, -0.2) is 35.1 Å². The number of ketones is 1. The van der Waals surface area contributed by atoms with Crippen LogP contribution in [0.2, 0.25) is 0 Å². The SMILES string of the molecule is CC(=O)CCC1(Cc2ccc(C(=O)OC(C)(C)C)cc2)C(=O)OC(C)(C)OC1=O. The summed E-state index contributed by atoms with van der Waals surface area (Å²) < 4.78 is 16.0. The summed E-state index contributed by atoms with van der Waals surface area (Å²) in [5, 5.41) is 0. The molecule has 0 spiro atoms. The Kier molecular flexibility index (Phi) is 6.21. The van der Waals surface area contributed by atoms with Crippen molar-refractivity contribution >= 4 is 23.7 Å². The molecule has 0 unspecified atom stereocenters. The van der Waals surface area contributed by atoms with Gasteiger partial charge in [0.1, 0.15) is 11.4 Å². The smallest absolute Gasteiger partial charge is 0.338 e. The number of Topliss-reactive ketones (excluding diaryl/α,β-unsaturated/α-hetero) is 1. The van der Waals surface area contributed by atoms with E-state index in [4.69, 9.17) is 14.2 Å². The molecule has 0 bridgehead atoms. The Labute approximate surface area is 170 Å². The molecule has 1 aliphatic rings. The molecule has 2 rings (SSSR count). The van der Waals surface area contributed by atoms with Gasteiger partial charge in [0.25, 0.3) is 5.79 Å². The van der Waals surface area contributed by atoms with Crippen LogP contribution in [0.15, 0.2) is 24.3 Å². The first-order valence-corrected chi connectivity index (χ1v) is 9.53. The van der Waals surface area contributed by atoms with Crippen LogP contribution in [0.4, 0.5) is 0 Å². The van der Waals surface area contributed by atoms with Crippen LogP contribution in [0.3, 0.4) is 0 Å². The van der Waals surface area contributed by atoms with Gasteiger partial charge in [0.15, 0.2) is 5.41 Å². The van der Waals surface area contributed by atoms with E-state index in [0.717, 1.165) is 0 Å². The average Bonchev–Trinajstić information content (AvgIpc) is 2.55. The first-order chi connectivity index (χ1) is 13.2. The Hall–Kier alpha value is -2.70. The number of benzene rings is 1. The Bertz CT molecular complexity index is 793. The zero-order valence-corrected chi connectivity index (χ0v) is 17.8. The topological polar surface area (TPSA) is 96.0 Å². The van der Waals surface area contributed by atoms with Gasteiger partial charge in [-0.3, -0.25) is 9.59 Å². The third kappa shape index (κ3) is 5.65. The minimum Gasteiger partial charge on any atom is -0.456 e. The van der Waals surface area contributed by atoms with Crippen molar-refractivity contribution in [1.29, 1.82) is 0 Å². The van der Waals surface area contributed by atoms with Crippen molar-refractivity contribution in [2.75, 3.05) is 0 Å². The minimum absolute atomic E-state index is 0.00260. The maximum Gasteiger partial charge on any atom is 0.338 e. The van der Waals surface area contributed by atoms with Gasteiger partial charge < -0.3 is 19.0 Å². The van der Waals surface area contributed by atoms with E-state index in [9.17, 15) is 19.2 Å². The number of carbonyl (C=O) groups excluding carboxylic acids is 4. The number of hydrogen-bond donors (Lipinski definition) is 0. The van der Waals surface area contributed by atoms with Crippen LogP contribution in [0, 0.1) is 5.41 Å². The lowest BCUT2D eigenvalue weighted by Gasteiger charge is -2.40. The van der Waals surface area contributed by atoms with Gasteiger partial charge in [-0.05, 0) is 58.2 Å². The van der Waals surface area contributed by atoms with Gasteiger partial charge in [-0.1, -0.05) is 12.1 Å². The van der Waals surface area contributed by atoms with Crippen LogP contribution in [-0.2, 0) is 35.0 Å². The van der Waals surface area contributed by atoms with Crippen molar-refractivity contribution in [2.45, 2.75) is 72.2 Å². The number of hydrogen-bond acceptors (Lipinski definition) is 7. The van der Waals surface area contributed by atoms with Crippen LogP contribution in [0.1, 0.15) is 70.3 Å². The van der Waals surface area contributed by atoms with Gasteiger partial charge in [0, 0.05) is 20.3 Å². The molecular formula is C22H28O7. The maximum atomic E-state index is 12.8. The fourth-order valence-corrected chi connectivity index (χ4v) is 3.02. The standard InChI is InChI=1S/C22H28O7/c1-14(23)11-12-22(18(25)28-21(5,6)29-19(22)26)13-15-7-9-16(10-8-15)17(24)27-20(2,3)4/h7-10H,11-13H2,1-6H3. The average molecular weight is 404 g/mol. The highest BCUT2D eigenvalue weighted by Crippen LogP contribution is 2.39. The molecule has 0 saturated carbocycles. The monoisotopic (exact) mass is 404 g/mol. The number of carbonyl (C=O) groups is 4. The minimum atomic E-state index is -1.60. The van der Waals surface area contributed by atoms with Crippen molar-refractivity contribution in [1.82, 2.24) is 0 Å². The first kappa shape index (κ1) is 22.6. The molecule has 0 amide bonds. The van der Waals surface area contributed by atoms with Crippen LogP contribution in [0.25, 0.3) is 0 Å². The van der Waals surface area contributed by atoms with Gasteiger partial charge in [-0.25, -0.2) is 4.79 Å². The normalized spacial score (nSPS) is 17.9. The summed E-state index contributed by atoms with van der Waals surface area (Å²) in [5.41, 5.74) is -1.23. The third-order valence-corrected chi connectivity index (χ3v) is 4.46. The molecule has 158 valence electrons. The van der Waals surface area contributed by atoms with Crippen LogP contribution in [0.5, 0.6) is 0 Å². The van der Waals surface area contributed by atoms with E-state index < -0.39 is 34.7 Å². The molecule has 1 heterocycles. The van der Waals surface area contributed by atoms with Crippen molar-refractivity contribution in [3.05, 3.63) is 35.4 Å². The Morgan fingerprint density at radius 3 is 1.97 bits per heavy atom. The zero-order chi connectivity index (χ0) is 22.0. The molecular weight excluding hydrogens is 376 g/mol. The molecule has 0 N–H and O–H groups in total. The Balaban J connectivity index is 2.28. The predicted octanol–water partition coefficient (Wildman–Crippen LogP) is 3.38. The highest BCUT2D eigenvalue weighted by Gasteiger charge is 2.55. The van der Waals surface area contributed by atoms with Crippen molar-refractivity contribution in [3.63, 3.8) is 0 Å². The van der Waals surface area contributed by atoms with Crippen molar-refractivity contribution < 1.29 is 33.4 Å². The molecule has 1 aliphatic heterocycles. The van der Waals surface area contributed by atoms with E-state index in [1.165, 1.54) is 20.8 Å². The highest BCUT2D eigenvalue weighted by molar-refractivity contribution is 6.02. The lowest BCUT2D eigenvalue weighted by molar-refractivity contribution is -0.251. The van der Waals surface area contributed by atoms with E-state index in [1.54, 1.807) is 45.0 Å². The molecule has 0 aliphatic carbocycles. The van der Waals surface area contributed by atoms with Crippen molar-refractivity contribution in [3.8, 4) is 0 Å². The summed E-state index contributed by atoms with van der Waals surface area (Å²) in [6, 6.07) is 6.45. The lowest BCUT2D eigenvalue weighted by atomic mass is 9.76. The molecule has 29 heavy (non-hydrogen) atoms. The second-order valence-electron chi connectivity index (χ2n) is 8.84. The lowest BCUT2D eigenvalue weighted by Crippen LogP contribution is -2.55. The summed E-state index contributed by atoms with van der Waals surface area (Å²) in [7, 11) is 0. The first-order valence-electron chi connectivity index (χ1n) is 9.53. The molecule has 1 fully saturated rings. The molecule has 7 nitrogen and oxygen atoms in total. The summed E-state index contributed by atoms with van der Waals surface area (Å²) >= 11 is 0. The van der Waals surface area contributed by atoms with Gasteiger partial charge in [-0.15, -0.1) is 0 Å². The quantitative estimate of drug-likeness (QED) is 0.530. The summed E-state index contributed by atoms with van der Waals surface area (Å²) in [6.45, 7) is 9.69. The molecule has 1 aromatic rings. The summed E-state index contributed by atoms with van der Waals surface area (Å²) in [4.78, 5) is 49.2. The largest absolute Gasteiger partial charge is 0.456 e. The second kappa shape index (κ2) is 7.97. The van der Waals surface area contributed by atoms with Gasteiger partial charge in [0.2, 0.25) is 0 Å². The molecule has 7 heteroatoms. The highest BCUT2D eigenvalue weighted by atomic mass is 16.7. The fraction of sp³-hybridized carbons (Fsp3) is 0.545. The third-order valence-electron chi connectivity index (χ3n) is 4.46. The molecule has 1 saturated heterocycles. The molecule has 1 aromatic carbocycles. The predicted molar refractivity (Wildman–Crippen MR) is 104 cm³/mol. The van der Waals surface area contributed by atoms with Crippen LogP contribution < -0.4 is 0 Å². The van der Waals surface area contributed by atoms with Gasteiger partial charge >= 0.3 is 17.9 Å². The zero-order valence-electron chi connectivity index (χ0n) is 17.8. The Morgan fingerprint density at radius 2 is 1.52 bits per heavy atom. The van der Waals surface area contributed by atoms with E-state index in [1.807, 2.05) is 0 Å². The fourth-order valence-electron chi connectivity index (χ4n) is 3.02. The molecule has 0 radical (unpaired) electrons. The maximum absolute atomic E-state index is 12.8.